The average molecular weight is 310 g/mol. The Morgan fingerprint density at radius 2 is 2.13 bits per heavy atom. The number of hydrogen-bond donors (Lipinski definition) is 1. The van der Waals surface area contributed by atoms with E-state index < -0.39 is 0 Å². The third-order valence-electron chi connectivity index (χ3n) is 3.67. The number of nitrogens with one attached hydrogen (secondary N) is 1. The number of nitrogens with zero attached hydrogens (tertiary/aromatic N) is 5. The molecule has 23 heavy (non-hydrogen) atoms. The summed E-state index contributed by atoms with van der Waals surface area (Å²) in [5.74, 6) is 0.0230. The van der Waals surface area contributed by atoms with Crippen LogP contribution in [0.15, 0.2) is 36.8 Å². The molecule has 3 aromatic rings. The van der Waals surface area contributed by atoms with Gasteiger partial charge in [-0.25, -0.2) is 9.67 Å². The van der Waals surface area contributed by atoms with Crippen LogP contribution >= 0.6 is 0 Å². The first-order valence-electron chi connectivity index (χ1n) is 7.28. The summed E-state index contributed by atoms with van der Waals surface area (Å²) in [5, 5.41) is 11.0. The first-order valence-corrected chi connectivity index (χ1v) is 7.28. The highest BCUT2D eigenvalue weighted by atomic mass is 16.1. The zero-order chi connectivity index (χ0) is 16.4. The zero-order valence-electron chi connectivity index (χ0n) is 13.3. The van der Waals surface area contributed by atoms with Crippen LogP contribution in [0.5, 0.6) is 0 Å². The third-order valence-corrected chi connectivity index (χ3v) is 3.67. The van der Waals surface area contributed by atoms with Crippen LogP contribution in [0.2, 0.25) is 0 Å². The van der Waals surface area contributed by atoms with Crippen LogP contribution in [-0.2, 0) is 13.6 Å². The van der Waals surface area contributed by atoms with E-state index in [-0.39, 0.29) is 11.9 Å². The van der Waals surface area contributed by atoms with E-state index in [1.54, 1.807) is 22.7 Å². The fourth-order valence-corrected chi connectivity index (χ4v) is 2.32. The third kappa shape index (κ3) is 3.28. The Labute approximate surface area is 134 Å². The molecular formula is C16H18N6O. The number of amides is 1. The highest BCUT2D eigenvalue weighted by Gasteiger charge is 2.14. The molecular weight excluding hydrogens is 292 g/mol. The van der Waals surface area contributed by atoms with Crippen molar-refractivity contribution in [3.63, 3.8) is 0 Å². The molecule has 7 nitrogen and oxygen atoms in total. The van der Waals surface area contributed by atoms with E-state index >= 15 is 0 Å². The number of anilines is 1. The van der Waals surface area contributed by atoms with E-state index in [9.17, 15) is 4.79 Å². The molecule has 118 valence electrons. The van der Waals surface area contributed by atoms with Gasteiger partial charge in [0, 0.05) is 12.7 Å². The van der Waals surface area contributed by atoms with Crippen molar-refractivity contribution in [2.75, 3.05) is 5.32 Å². The number of hydrogen-bond acceptors (Lipinski definition) is 4. The van der Waals surface area contributed by atoms with Crippen molar-refractivity contribution in [3.05, 3.63) is 59.2 Å². The molecule has 0 radical (unpaired) electrons. The van der Waals surface area contributed by atoms with E-state index in [1.807, 2.05) is 32.0 Å². The van der Waals surface area contributed by atoms with Gasteiger partial charge < -0.3 is 0 Å². The van der Waals surface area contributed by atoms with Gasteiger partial charge in [-0.2, -0.15) is 5.10 Å². The Bertz CT molecular complexity index is 848. The van der Waals surface area contributed by atoms with E-state index in [0.717, 1.165) is 11.3 Å². The minimum Gasteiger partial charge on any atom is -0.289 e. The molecule has 0 fully saturated rings. The van der Waals surface area contributed by atoms with Crippen LogP contribution in [0.1, 0.15) is 27.2 Å². The molecule has 0 saturated carbocycles. The summed E-state index contributed by atoms with van der Waals surface area (Å²) in [7, 11) is 1.79. The maximum absolute atomic E-state index is 12.2. The molecule has 3 rings (SSSR count). The smallest absolute Gasteiger partial charge is 0.261 e. The number of rotatable bonds is 4. The standard InChI is InChI=1S/C16H18N6O/c1-11-5-4-6-13(7-11)9-22-10-17-16(20-22)19-15(23)14-8-18-21(3)12(14)2/h4-8,10H,9H2,1-3H3,(H,19,20,23). The normalized spacial score (nSPS) is 10.7. The average Bonchev–Trinajstić information content (AvgIpc) is 3.07. The van der Waals surface area contributed by atoms with Gasteiger partial charge in [-0.05, 0) is 19.4 Å². The predicted molar refractivity (Wildman–Crippen MR) is 86.2 cm³/mol. The van der Waals surface area contributed by atoms with E-state index in [0.29, 0.717) is 12.1 Å². The molecule has 0 unspecified atom stereocenters. The van der Waals surface area contributed by atoms with Gasteiger partial charge in [-0.15, -0.1) is 5.10 Å². The Hall–Kier alpha value is -2.96. The Morgan fingerprint density at radius 3 is 2.83 bits per heavy atom. The van der Waals surface area contributed by atoms with Gasteiger partial charge in [0.15, 0.2) is 0 Å². The zero-order valence-corrected chi connectivity index (χ0v) is 13.3. The van der Waals surface area contributed by atoms with Gasteiger partial charge in [-0.1, -0.05) is 29.8 Å². The Kier molecular flexibility index (Phi) is 3.92. The summed E-state index contributed by atoms with van der Waals surface area (Å²) >= 11 is 0. The molecule has 1 amide bonds. The van der Waals surface area contributed by atoms with E-state index in [4.69, 9.17) is 0 Å². The van der Waals surface area contributed by atoms with E-state index in [2.05, 4.69) is 26.6 Å². The van der Waals surface area contributed by atoms with Crippen LogP contribution in [0.25, 0.3) is 0 Å². The first-order chi connectivity index (χ1) is 11.0. The Balaban J connectivity index is 1.70. The minimum absolute atomic E-state index is 0.260. The number of carbonyl (C=O) groups is 1. The van der Waals surface area contributed by atoms with Gasteiger partial charge in [0.2, 0.25) is 5.95 Å². The van der Waals surface area contributed by atoms with Crippen LogP contribution in [0.3, 0.4) is 0 Å². The van der Waals surface area contributed by atoms with Gasteiger partial charge >= 0.3 is 0 Å². The lowest BCUT2D eigenvalue weighted by Crippen LogP contribution is -2.14. The van der Waals surface area contributed by atoms with Crippen LogP contribution in [-0.4, -0.2) is 30.5 Å². The lowest BCUT2D eigenvalue weighted by Gasteiger charge is -2.02. The lowest BCUT2D eigenvalue weighted by atomic mass is 10.1. The summed E-state index contributed by atoms with van der Waals surface area (Å²) in [6.07, 6.45) is 3.14. The molecule has 7 heteroatoms. The predicted octanol–water partition coefficient (Wildman–Crippen LogP) is 1.93. The molecule has 0 bridgehead atoms. The second-order valence-corrected chi connectivity index (χ2v) is 5.48. The fourth-order valence-electron chi connectivity index (χ4n) is 2.32. The lowest BCUT2D eigenvalue weighted by molar-refractivity contribution is 0.102. The highest BCUT2D eigenvalue weighted by Crippen LogP contribution is 2.09. The molecule has 1 N–H and O–H groups in total. The van der Waals surface area contributed by atoms with Gasteiger partial charge in [0.05, 0.1) is 18.3 Å². The topological polar surface area (TPSA) is 77.6 Å². The SMILES string of the molecule is Cc1cccc(Cn2cnc(NC(=O)c3cnn(C)c3C)n2)c1. The largest absolute Gasteiger partial charge is 0.289 e. The van der Waals surface area contributed by atoms with Crippen LogP contribution in [0, 0.1) is 13.8 Å². The van der Waals surface area contributed by atoms with Crippen molar-refractivity contribution in [1.29, 1.82) is 0 Å². The van der Waals surface area contributed by atoms with Gasteiger partial charge in [0.25, 0.3) is 5.91 Å². The maximum Gasteiger partial charge on any atom is 0.261 e. The van der Waals surface area contributed by atoms with Crippen LogP contribution < -0.4 is 5.32 Å². The molecule has 0 spiro atoms. The number of carbonyl (C=O) groups excluding carboxylic acids is 1. The fraction of sp³-hybridized carbons (Fsp3) is 0.250. The Morgan fingerprint density at radius 1 is 1.30 bits per heavy atom. The molecule has 0 aliphatic heterocycles. The molecule has 0 atom stereocenters. The molecule has 0 saturated heterocycles. The quantitative estimate of drug-likeness (QED) is 0.798. The summed E-state index contributed by atoms with van der Waals surface area (Å²) in [4.78, 5) is 16.3. The second kappa shape index (κ2) is 6.04. The van der Waals surface area contributed by atoms with Crippen molar-refractivity contribution >= 4 is 11.9 Å². The molecule has 0 aliphatic rings. The maximum atomic E-state index is 12.2. The first kappa shape index (κ1) is 15.0. The summed E-state index contributed by atoms with van der Waals surface area (Å²) in [6.45, 7) is 4.49. The minimum atomic E-state index is -0.260. The van der Waals surface area contributed by atoms with Crippen molar-refractivity contribution < 1.29 is 4.79 Å². The molecule has 2 aromatic heterocycles. The second-order valence-electron chi connectivity index (χ2n) is 5.48. The van der Waals surface area contributed by atoms with E-state index in [1.165, 1.54) is 11.8 Å². The number of benzene rings is 1. The monoisotopic (exact) mass is 310 g/mol. The van der Waals surface area contributed by atoms with Crippen molar-refractivity contribution in [3.8, 4) is 0 Å². The number of aromatic nitrogens is 5. The van der Waals surface area contributed by atoms with Gasteiger partial charge in [-0.3, -0.25) is 14.8 Å². The van der Waals surface area contributed by atoms with Crippen molar-refractivity contribution in [2.45, 2.75) is 20.4 Å². The molecule has 0 aliphatic carbocycles. The molecule has 1 aromatic carbocycles. The summed E-state index contributed by atoms with van der Waals surface area (Å²) in [6, 6.07) is 8.19. The number of aryl methyl sites for hydroxylation is 2. The summed E-state index contributed by atoms with van der Waals surface area (Å²) < 4.78 is 3.35. The van der Waals surface area contributed by atoms with Crippen molar-refractivity contribution in [1.82, 2.24) is 24.5 Å². The van der Waals surface area contributed by atoms with Crippen molar-refractivity contribution in [2.24, 2.45) is 7.05 Å². The van der Waals surface area contributed by atoms with Gasteiger partial charge in [0.1, 0.15) is 6.33 Å². The summed E-state index contributed by atoms with van der Waals surface area (Å²) in [5.41, 5.74) is 3.64. The highest BCUT2D eigenvalue weighted by molar-refractivity contribution is 6.03. The molecule has 2 heterocycles. The van der Waals surface area contributed by atoms with Crippen LogP contribution in [0.4, 0.5) is 5.95 Å².